The molecule has 1 saturated heterocycles. The third-order valence-electron chi connectivity index (χ3n) is 6.44. The fourth-order valence-electron chi connectivity index (χ4n) is 4.89. The van der Waals surface area contributed by atoms with Crippen LogP contribution in [0.2, 0.25) is 0 Å². The number of amides is 2. The summed E-state index contributed by atoms with van der Waals surface area (Å²) in [7, 11) is 0. The molecule has 0 spiro atoms. The summed E-state index contributed by atoms with van der Waals surface area (Å²) >= 11 is 0. The molecule has 1 aliphatic heterocycles. The van der Waals surface area contributed by atoms with Crippen molar-refractivity contribution < 1.29 is 18.7 Å². The second-order valence-electron chi connectivity index (χ2n) is 10.2. The zero-order valence-electron chi connectivity index (χ0n) is 22.1. The first-order valence-corrected chi connectivity index (χ1v) is 12.8. The highest BCUT2D eigenvalue weighted by atomic mass is 16.5. The zero-order valence-corrected chi connectivity index (χ0v) is 22.1. The molecule has 1 N–H and O–H groups in total. The first kappa shape index (κ1) is 26.4. The zero-order chi connectivity index (χ0) is 26.4. The van der Waals surface area contributed by atoms with E-state index >= 15 is 0 Å². The molecule has 2 heterocycles. The van der Waals surface area contributed by atoms with Gasteiger partial charge in [0, 0.05) is 39.6 Å². The first-order chi connectivity index (χ1) is 17.8. The lowest BCUT2D eigenvalue weighted by Gasteiger charge is -2.35. The van der Waals surface area contributed by atoms with Crippen LogP contribution in [0.4, 0.5) is 0 Å². The lowest BCUT2D eigenvalue weighted by atomic mass is 9.91. The Morgan fingerprint density at radius 3 is 2.59 bits per heavy atom. The van der Waals surface area contributed by atoms with Crippen molar-refractivity contribution in [2.45, 2.75) is 40.3 Å². The van der Waals surface area contributed by atoms with Gasteiger partial charge in [0.25, 0.3) is 5.91 Å². The molecule has 8 heteroatoms. The number of carbonyl (C=O) groups is 2. The molecule has 0 radical (unpaired) electrons. The first-order valence-electron chi connectivity index (χ1n) is 12.8. The maximum atomic E-state index is 13.8. The molecule has 8 nitrogen and oxygen atoms in total. The Bertz CT molecular complexity index is 1210. The quantitative estimate of drug-likeness (QED) is 0.494. The number of ether oxygens (including phenoxy) is 1. The van der Waals surface area contributed by atoms with E-state index in [9.17, 15) is 9.59 Å². The number of hydrogen-bond acceptors (Lipinski definition) is 6. The van der Waals surface area contributed by atoms with E-state index in [4.69, 9.17) is 9.15 Å². The summed E-state index contributed by atoms with van der Waals surface area (Å²) in [5.41, 5.74) is 1.94. The van der Waals surface area contributed by atoms with Crippen LogP contribution in [0.15, 0.2) is 65.3 Å². The Kier molecular flexibility index (Phi) is 8.28. The number of aryl methyl sites for hydroxylation is 1. The number of carbonyl (C=O) groups excluding carboxylic acids is 2. The number of benzene rings is 2. The Hall–Kier alpha value is -3.65. The standard InChI is InChI=1S/C29H36N4O4/c1-5-36-24-13-9-12-23(16-24)26(27(34)30-17-22-10-7-6-8-11-22)32-14-15-33(20-29(3,4)19-32)28(35)25-18-37-21(2)31-25/h6-13,16,18,26H,5,14-15,17,19-20H2,1-4H3,(H,30,34). The number of hydrogen-bond donors (Lipinski definition) is 1. The van der Waals surface area contributed by atoms with Gasteiger partial charge in [0.05, 0.1) is 6.61 Å². The molecule has 1 aromatic heterocycles. The summed E-state index contributed by atoms with van der Waals surface area (Å²) < 4.78 is 11.0. The molecule has 4 rings (SSSR count). The molecule has 1 unspecified atom stereocenters. The summed E-state index contributed by atoms with van der Waals surface area (Å²) in [4.78, 5) is 35.2. The van der Waals surface area contributed by atoms with Gasteiger partial charge in [0.15, 0.2) is 11.6 Å². The summed E-state index contributed by atoms with van der Waals surface area (Å²) in [6.07, 6.45) is 1.41. The largest absolute Gasteiger partial charge is 0.494 e. The summed E-state index contributed by atoms with van der Waals surface area (Å²) in [5.74, 6) is 0.951. The fourth-order valence-corrected chi connectivity index (χ4v) is 4.89. The van der Waals surface area contributed by atoms with Gasteiger partial charge < -0.3 is 19.4 Å². The van der Waals surface area contributed by atoms with E-state index in [2.05, 4.69) is 29.0 Å². The molecule has 0 aliphatic carbocycles. The second kappa shape index (κ2) is 11.6. The summed E-state index contributed by atoms with van der Waals surface area (Å²) in [6.45, 7) is 11.1. The average molecular weight is 505 g/mol. The van der Waals surface area contributed by atoms with Crippen LogP contribution < -0.4 is 10.1 Å². The number of nitrogens with zero attached hydrogens (tertiary/aromatic N) is 3. The van der Waals surface area contributed by atoms with Crippen LogP contribution >= 0.6 is 0 Å². The molecule has 2 amide bonds. The average Bonchev–Trinajstić information content (AvgIpc) is 3.24. The molecule has 37 heavy (non-hydrogen) atoms. The van der Waals surface area contributed by atoms with E-state index in [1.54, 1.807) is 6.92 Å². The Balaban J connectivity index is 1.60. The number of nitrogens with one attached hydrogen (secondary N) is 1. The van der Waals surface area contributed by atoms with Gasteiger partial charge in [-0.3, -0.25) is 14.5 Å². The summed E-state index contributed by atoms with van der Waals surface area (Å²) in [5, 5.41) is 3.13. The topological polar surface area (TPSA) is 87.9 Å². The van der Waals surface area contributed by atoms with E-state index < -0.39 is 6.04 Å². The third-order valence-corrected chi connectivity index (χ3v) is 6.44. The van der Waals surface area contributed by atoms with Crippen molar-refractivity contribution in [2.75, 3.05) is 32.8 Å². The van der Waals surface area contributed by atoms with Crippen molar-refractivity contribution in [1.29, 1.82) is 0 Å². The molecule has 1 atom stereocenters. The van der Waals surface area contributed by atoms with Gasteiger partial charge in [-0.15, -0.1) is 0 Å². The van der Waals surface area contributed by atoms with Crippen LogP contribution in [0.1, 0.15) is 54.3 Å². The Labute approximate surface area is 218 Å². The van der Waals surface area contributed by atoms with Crippen LogP contribution in [0.25, 0.3) is 0 Å². The van der Waals surface area contributed by atoms with Crippen LogP contribution in [0.5, 0.6) is 5.75 Å². The molecule has 0 bridgehead atoms. The molecule has 2 aromatic carbocycles. The van der Waals surface area contributed by atoms with Crippen molar-refractivity contribution in [3.63, 3.8) is 0 Å². The molecule has 1 aliphatic rings. The predicted octanol–water partition coefficient (Wildman–Crippen LogP) is 4.22. The minimum atomic E-state index is -0.534. The maximum Gasteiger partial charge on any atom is 0.275 e. The normalized spacial score (nSPS) is 16.6. The van der Waals surface area contributed by atoms with Gasteiger partial charge in [-0.1, -0.05) is 56.3 Å². The lowest BCUT2D eigenvalue weighted by Crippen LogP contribution is -2.44. The van der Waals surface area contributed by atoms with E-state index in [1.807, 2.05) is 66.4 Å². The Morgan fingerprint density at radius 2 is 1.89 bits per heavy atom. The van der Waals surface area contributed by atoms with Crippen LogP contribution in [0, 0.1) is 12.3 Å². The highest BCUT2D eigenvalue weighted by Gasteiger charge is 2.37. The van der Waals surface area contributed by atoms with Crippen molar-refractivity contribution >= 4 is 11.8 Å². The van der Waals surface area contributed by atoms with Gasteiger partial charge in [-0.05, 0) is 35.6 Å². The predicted molar refractivity (Wildman–Crippen MR) is 141 cm³/mol. The number of oxazole rings is 1. The van der Waals surface area contributed by atoms with Gasteiger partial charge in [0.1, 0.15) is 18.1 Å². The third kappa shape index (κ3) is 6.77. The van der Waals surface area contributed by atoms with Crippen molar-refractivity contribution in [3.05, 3.63) is 83.6 Å². The molecule has 1 fully saturated rings. The van der Waals surface area contributed by atoms with Gasteiger partial charge in [0.2, 0.25) is 5.91 Å². The van der Waals surface area contributed by atoms with E-state index in [-0.39, 0.29) is 17.2 Å². The molecular formula is C29H36N4O4. The van der Waals surface area contributed by atoms with Crippen LogP contribution in [0.3, 0.4) is 0 Å². The minimum absolute atomic E-state index is 0.0831. The van der Waals surface area contributed by atoms with Crippen molar-refractivity contribution in [3.8, 4) is 5.75 Å². The van der Waals surface area contributed by atoms with E-state index in [1.165, 1.54) is 6.26 Å². The van der Waals surface area contributed by atoms with Crippen molar-refractivity contribution in [2.24, 2.45) is 5.41 Å². The maximum absolute atomic E-state index is 13.8. The summed E-state index contributed by atoms with van der Waals surface area (Å²) in [6, 6.07) is 17.1. The van der Waals surface area contributed by atoms with Crippen molar-refractivity contribution in [1.82, 2.24) is 20.1 Å². The van der Waals surface area contributed by atoms with Crippen LogP contribution in [-0.2, 0) is 11.3 Å². The van der Waals surface area contributed by atoms with E-state index in [0.717, 1.165) is 16.9 Å². The highest BCUT2D eigenvalue weighted by Crippen LogP contribution is 2.31. The van der Waals surface area contributed by atoms with Gasteiger partial charge in [-0.25, -0.2) is 4.98 Å². The molecule has 0 saturated carbocycles. The fraction of sp³-hybridized carbons (Fsp3) is 0.414. The van der Waals surface area contributed by atoms with Gasteiger partial charge in [-0.2, -0.15) is 0 Å². The Morgan fingerprint density at radius 1 is 1.11 bits per heavy atom. The minimum Gasteiger partial charge on any atom is -0.494 e. The second-order valence-corrected chi connectivity index (χ2v) is 10.2. The monoisotopic (exact) mass is 504 g/mol. The van der Waals surface area contributed by atoms with Crippen LogP contribution in [-0.4, -0.2) is 59.4 Å². The molecule has 3 aromatic rings. The number of rotatable bonds is 8. The van der Waals surface area contributed by atoms with E-state index in [0.29, 0.717) is 50.9 Å². The lowest BCUT2D eigenvalue weighted by molar-refractivity contribution is -0.127. The SMILES string of the molecule is CCOc1cccc(C(C(=O)NCc2ccccc2)N2CCN(C(=O)c3coc(C)n3)CC(C)(C)C2)c1. The smallest absolute Gasteiger partial charge is 0.275 e. The number of aromatic nitrogens is 1. The highest BCUT2D eigenvalue weighted by molar-refractivity contribution is 5.92. The van der Waals surface area contributed by atoms with Gasteiger partial charge >= 0.3 is 0 Å². The molecule has 196 valence electrons. The molecular weight excluding hydrogens is 468 g/mol.